The molecule has 2 aromatic heterocycles. The summed E-state index contributed by atoms with van der Waals surface area (Å²) in [5.74, 6) is 0.468. The van der Waals surface area contributed by atoms with Crippen molar-refractivity contribution in [2.75, 3.05) is 18.1 Å². The van der Waals surface area contributed by atoms with Crippen LogP contribution in [0.1, 0.15) is 24.1 Å². The topological polar surface area (TPSA) is 73.1 Å². The first-order valence-corrected chi connectivity index (χ1v) is 9.53. The molecule has 0 saturated carbocycles. The molecule has 1 saturated heterocycles. The number of hydrogen-bond donors (Lipinski definition) is 0. The third kappa shape index (κ3) is 3.03. The van der Waals surface area contributed by atoms with E-state index >= 15 is 0 Å². The van der Waals surface area contributed by atoms with Gasteiger partial charge in [0.2, 0.25) is 0 Å². The smallest absolute Gasteiger partial charge is 0.267 e. The largest absolute Gasteiger partial charge is 0.376 e. The van der Waals surface area contributed by atoms with Crippen molar-refractivity contribution in [3.8, 4) is 0 Å². The van der Waals surface area contributed by atoms with E-state index in [1.165, 1.54) is 18.5 Å². The summed E-state index contributed by atoms with van der Waals surface area (Å²) in [7, 11) is 0. The van der Waals surface area contributed by atoms with Crippen LogP contribution in [-0.4, -0.2) is 38.9 Å². The molecule has 5 rings (SSSR count). The molecule has 1 fully saturated rings. The molecular formula is C20H20FN5O2. The van der Waals surface area contributed by atoms with Crippen LogP contribution in [0.25, 0.3) is 10.9 Å². The summed E-state index contributed by atoms with van der Waals surface area (Å²) in [5, 5.41) is 5.41. The van der Waals surface area contributed by atoms with Crippen molar-refractivity contribution < 1.29 is 9.13 Å². The minimum absolute atomic E-state index is 0.103. The van der Waals surface area contributed by atoms with Crippen molar-refractivity contribution in [3.05, 3.63) is 58.0 Å². The van der Waals surface area contributed by atoms with Gasteiger partial charge in [0.05, 0.1) is 37.0 Å². The molecule has 0 aliphatic carbocycles. The lowest BCUT2D eigenvalue weighted by molar-refractivity contribution is 0.108. The van der Waals surface area contributed by atoms with E-state index in [0.29, 0.717) is 25.3 Å². The molecule has 0 bridgehead atoms. The van der Waals surface area contributed by atoms with Gasteiger partial charge in [0.25, 0.3) is 5.56 Å². The van der Waals surface area contributed by atoms with E-state index in [1.807, 2.05) is 0 Å². The Labute approximate surface area is 160 Å². The molecule has 3 aromatic rings. The SMILES string of the molecule is O=c1cc2c(nn1CC1CCCN1c1ncnc3cc(F)ccc13)CCOC2. The quantitative estimate of drug-likeness (QED) is 0.692. The Morgan fingerprint density at radius 2 is 2.18 bits per heavy atom. The molecule has 7 nitrogen and oxygen atoms in total. The van der Waals surface area contributed by atoms with Crippen LogP contribution in [0, 0.1) is 5.82 Å². The predicted molar refractivity (Wildman–Crippen MR) is 102 cm³/mol. The number of hydrogen-bond acceptors (Lipinski definition) is 6. The molecule has 0 spiro atoms. The van der Waals surface area contributed by atoms with Gasteiger partial charge in [-0.1, -0.05) is 0 Å². The van der Waals surface area contributed by atoms with Gasteiger partial charge in [-0.05, 0) is 25.0 Å². The van der Waals surface area contributed by atoms with E-state index < -0.39 is 0 Å². The van der Waals surface area contributed by atoms with E-state index in [1.54, 1.807) is 16.8 Å². The number of aromatic nitrogens is 4. The van der Waals surface area contributed by atoms with Gasteiger partial charge in [0.1, 0.15) is 18.0 Å². The monoisotopic (exact) mass is 381 g/mol. The summed E-state index contributed by atoms with van der Waals surface area (Å²) in [6, 6.07) is 6.31. The standard InChI is InChI=1S/C20H20FN5O2/c21-14-3-4-16-18(9-14)22-12-23-20(16)25-6-1-2-15(25)10-26-19(27)8-13-11-28-7-5-17(13)24-26/h3-4,8-9,12,15H,1-2,5-7,10-11H2. The summed E-state index contributed by atoms with van der Waals surface area (Å²) in [4.78, 5) is 23.4. The zero-order chi connectivity index (χ0) is 19.1. The number of nitrogens with zero attached hydrogens (tertiary/aromatic N) is 5. The van der Waals surface area contributed by atoms with Crippen LogP contribution in [0.3, 0.4) is 0 Å². The highest BCUT2D eigenvalue weighted by atomic mass is 19.1. The molecule has 1 aromatic carbocycles. The van der Waals surface area contributed by atoms with E-state index in [4.69, 9.17) is 4.74 Å². The van der Waals surface area contributed by atoms with Crippen LogP contribution in [0.4, 0.5) is 10.2 Å². The van der Waals surface area contributed by atoms with Crippen molar-refractivity contribution >= 4 is 16.7 Å². The molecule has 8 heteroatoms. The lowest BCUT2D eigenvalue weighted by atomic mass is 10.1. The number of anilines is 1. The molecule has 28 heavy (non-hydrogen) atoms. The highest BCUT2D eigenvalue weighted by Crippen LogP contribution is 2.30. The Hall–Kier alpha value is -2.87. The van der Waals surface area contributed by atoms with Crippen molar-refractivity contribution in [2.45, 2.75) is 38.5 Å². The molecule has 1 unspecified atom stereocenters. The second-order valence-corrected chi connectivity index (χ2v) is 7.29. The molecule has 144 valence electrons. The zero-order valence-electron chi connectivity index (χ0n) is 15.3. The maximum Gasteiger partial charge on any atom is 0.267 e. The number of ether oxygens (including phenoxy) is 1. The minimum Gasteiger partial charge on any atom is -0.376 e. The average molecular weight is 381 g/mol. The number of halogens is 1. The Balaban J connectivity index is 1.48. The predicted octanol–water partition coefficient (Wildman–Crippen LogP) is 2.07. The van der Waals surface area contributed by atoms with Gasteiger partial charge in [0.15, 0.2) is 0 Å². The summed E-state index contributed by atoms with van der Waals surface area (Å²) >= 11 is 0. The van der Waals surface area contributed by atoms with E-state index in [0.717, 1.165) is 48.3 Å². The number of rotatable bonds is 3. The highest BCUT2D eigenvalue weighted by Gasteiger charge is 2.28. The fourth-order valence-corrected chi connectivity index (χ4v) is 4.13. The Kier molecular flexibility index (Phi) is 4.27. The number of benzene rings is 1. The van der Waals surface area contributed by atoms with Gasteiger partial charge in [-0.3, -0.25) is 4.79 Å². The second kappa shape index (κ2) is 6.94. The van der Waals surface area contributed by atoms with Gasteiger partial charge in [-0.25, -0.2) is 19.0 Å². The van der Waals surface area contributed by atoms with Gasteiger partial charge in [0, 0.05) is 36.0 Å². The molecule has 1 atom stereocenters. The molecule has 0 amide bonds. The van der Waals surface area contributed by atoms with Crippen LogP contribution < -0.4 is 10.5 Å². The molecule has 0 radical (unpaired) electrons. The van der Waals surface area contributed by atoms with Crippen molar-refractivity contribution in [1.29, 1.82) is 0 Å². The highest BCUT2D eigenvalue weighted by molar-refractivity contribution is 5.89. The second-order valence-electron chi connectivity index (χ2n) is 7.29. The maximum atomic E-state index is 13.6. The number of fused-ring (bicyclic) bond motifs is 2. The van der Waals surface area contributed by atoms with Crippen LogP contribution in [0.5, 0.6) is 0 Å². The van der Waals surface area contributed by atoms with E-state index in [2.05, 4.69) is 20.0 Å². The van der Waals surface area contributed by atoms with Crippen LogP contribution in [0.2, 0.25) is 0 Å². The van der Waals surface area contributed by atoms with Crippen LogP contribution in [-0.2, 0) is 24.3 Å². The fourth-order valence-electron chi connectivity index (χ4n) is 4.13. The summed E-state index contributed by atoms with van der Waals surface area (Å²) in [5.41, 5.74) is 2.31. The van der Waals surface area contributed by atoms with Crippen molar-refractivity contribution in [3.63, 3.8) is 0 Å². The summed E-state index contributed by atoms with van der Waals surface area (Å²) in [6.45, 7) is 2.43. The maximum absolute atomic E-state index is 13.6. The van der Waals surface area contributed by atoms with E-state index in [-0.39, 0.29) is 17.4 Å². The summed E-state index contributed by atoms with van der Waals surface area (Å²) < 4.78 is 20.5. The normalized spacial score (nSPS) is 19.2. The lowest BCUT2D eigenvalue weighted by Gasteiger charge is -2.27. The Morgan fingerprint density at radius 3 is 3.11 bits per heavy atom. The third-order valence-corrected chi connectivity index (χ3v) is 5.52. The van der Waals surface area contributed by atoms with Crippen molar-refractivity contribution in [1.82, 2.24) is 19.7 Å². The Morgan fingerprint density at radius 1 is 1.25 bits per heavy atom. The molecule has 4 heterocycles. The molecule has 0 N–H and O–H groups in total. The molecular weight excluding hydrogens is 361 g/mol. The van der Waals surface area contributed by atoms with Gasteiger partial charge < -0.3 is 9.64 Å². The lowest BCUT2D eigenvalue weighted by Crippen LogP contribution is -2.38. The van der Waals surface area contributed by atoms with E-state index in [9.17, 15) is 9.18 Å². The van der Waals surface area contributed by atoms with Gasteiger partial charge >= 0.3 is 0 Å². The molecule has 2 aliphatic heterocycles. The van der Waals surface area contributed by atoms with Crippen LogP contribution in [0.15, 0.2) is 35.4 Å². The first kappa shape index (κ1) is 17.2. The van der Waals surface area contributed by atoms with Crippen LogP contribution >= 0.6 is 0 Å². The first-order valence-electron chi connectivity index (χ1n) is 9.53. The van der Waals surface area contributed by atoms with Gasteiger partial charge in [-0.2, -0.15) is 5.10 Å². The third-order valence-electron chi connectivity index (χ3n) is 5.52. The minimum atomic E-state index is -0.316. The van der Waals surface area contributed by atoms with Gasteiger partial charge in [-0.15, -0.1) is 0 Å². The fraction of sp³-hybridized carbons (Fsp3) is 0.400. The summed E-state index contributed by atoms with van der Waals surface area (Å²) in [6.07, 6.45) is 4.15. The molecule has 2 aliphatic rings. The Bertz CT molecular complexity index is 1100. The van der Waals surface area contributed by atoms with Crippen molar-refractivity contribution in [2.24, 2.45) is 0 Å². The zero-order valence-corrected chi connectivity index (χ0v) is 15.3. The first-order chi connectivity index (χ1) is 13.7. The average Bonchev–Trinajstić information content (AvgIpc) is 3.16.